The fourth-order valence-electron chi connectivity index (χ4n) is 2.84. The first-order chi connectivity index (χ1) is 8.74. The summed E-state index contributed by atoms with van der Waals surface area (Å²) in [6, 6.07) is 0. The fourth-order valence-corrected chi connectivity index (χ4v) is 3.07. The Bertz CT molecular complexity index is 459. The van der Waals surface area contributed by atoms with Crippen molar-refractivity contribution in [2.75, 3.05) is 0 Å². The van der Waals surface area contributed by atoms with Crippen molar-refractivity contribution in [3.05, 3.63) is 23.0 Å². The van der Waals surface area contributed by atoms with Gasteiger partial charge in [-0.1, -0.05) is 6.42 Å². The van der Waals surface area contributed by atoms with Crippen LogP contribution in [0, 0.1) is 6.92 Å². The molecule has 19 heavy (non-hydrogen) atoms. The number of aromatic nitrogens is 1. The van der Waals surface area contributed by atoms with Crippen LogP contribution in [0.15, 0.2) is 6.20 Å². The Labute approximate surface area is 125 Å². The van der Waals surface area contributed by atoms with Crippen LogP contribution in [0.3, 0.4) is 0 Å². The second kappa shape index (κ2) is 5.86. The van der Waals surface area contributed by atoms with Gasteiger partial charge in [0.15, 0.2) is 0 Å². The molecule has 0 saturated heterocycles. The molecule has 0 amide bonds. The summed E-state index contributed by atoms with van der Waals surface area (Å²) in [5, 5.41) is 0. The Hall–Kier alpha value is -0.510. The third-order valence-corrected chi connectivity index (χ3v) is 4.22. The monoisotopic (exact) mass is 303 g/mol. The smallest absolute Gasteiger partial charge is 0.210 e. The van der Waals surface area contributed by atoms with Crippen molar-refractivity contribution < 1.29 is 9.47 Å². The van der Waals surface area contributed by atoms with E-state index in [9.17, 15) is 0 Å². The molecule has 1 aromatic rings. The number of hydrogen-bond acceptors (Lipinski definition) is 3. The number of aryl methyl sites for hydroxylation is 1. The molecule has 1 saturated carbocycles. The van der Waals surface area contributed by atoms with Crippen molar-refractivity contribution in [1.29, 1.82) is 0 Å². The molecule has 2 heterocycles. The molecule has 0 atom stereocenters. The number of rotatable bonds is 1. The summed E-state index contributed by atoms with van der Waals surface area (Å²) in [5.41, 5.74) is 3.03. The van der Waals surface area contributed by atoms with Gasteiger partial charge >= 0.3 is 0 Å². The van der Waals surface area contributed by atoms with Crippen molar-refractivity contribution in [2.24, 2.45) is 0 Å². The number of halogens is 2. The van der Waals surface area contributed by atoms with E-state index in [4.69, 9.17) is 21.1 Å². The van der Waals surface area contributed by atoms with Gasteiger partial charge in [0.05, 0.1) is 12.3 Å². The number of pyridine rings is 1. The van der Waals surface area contributed by atoms with E-state index >= 15 is 0 Å². The zero-order valence-corrected chi connectivity index (χ0v) is 12.6. The Kier molecular flexibility index (Phi) is 4.59. The molecule has 0 radical (unpaired) electrons. The third-order valence-electron chi connectivity index (χ3n) is 3.93. The van der Waals surface area contributed by atoms with E-state index in [-0.39, 0.29) is 12.4 Å². The van der Waals surface area contributed by atoms with Crippen molar-refractivity contribution in [1.82, 2.24) is 4.98 Å². The SMILES string of the molecule is Cc1ncc(CCl)c2c1OC1(CCCCC1)OC2.Cl. The number of hydrogen-bond donors (Lipinski definition) is 0. The lowest BCUT2D eigenvalue weighted by Crippen LogP contribution is -2.44. The maximum Gasteiger partial charge on any atom is 0.210 e. The van der Waals surface area contributed by atoms with E-state index in [0.29, 0.717) is 12.5 Å². The van der Waals surface area contributed by atoms with E-state index in [1.54, 1.807) is 0 Å². The highest BCUT2D eigenvalue weighted by atomic mass is 35.5. The van der Waals surface area contributed by atoms with Crippen molar-refractivity contribution in [2.45, 2.75) is 57.3 Å². The highest BCUT2D eigenvalue weighted by Crippen LogP contribution is 2.42. The van der Waals surface area contributed by atoms with Crippen LogP contribution < -0.4 is 4.74 Å². The maximum atomic E-state index is 6.19. The quantitative estimate of drug-likeness (QED) is 0.731. The van der Waals surface area contributed by atoms with Crippen molar-refractivity contribution in [3.8, 4) is 5.75 Å². The minimum absolute atomic E-state index is 0. The molecule has 1 spiro atoms. The van der Waals surface area contributed by atoms with Gasteiger partial charge in [-0.05, 0) is 25.3 Å². The average Bonchev–Trinajstić information content (AvgIpc) is 2.41. The summed E-state index contributed by atoms with van der Waals surface area (Å²) in [5.74, 6) is 0.958. The Morgan fingerprint density at radius 3 is 2.74 bits per heavy atom. The molecule has 1 aromatic heterocycles. The molecule has 1 fully saturated rings. The van der Waals surface area contributed by atoms with Crippen molar-refractivity contribution in [3.63, 3.8) is 0 Å². The largest absolute Gasteiger partial charge is 0.460 e. The Morgan fingerprint density at radius 1 is 1.32 bits per heavy atom. The highest BCUT2D eigenvalue weighted by Gasteiger charge is 2.40. The molecule has 0 unspecified atom stereocenters. The Morgan fingerprint density at radius 2 is 2.05 bits per heavy atom. The van der Waals surface area contributed by atoms with Gasteiger partial charge in [-0.3, -0.25) is 4.98 Å². The van der Waals surface area contributed by atoms with E-state index in [1.807, 2.05) is 13.1 Å². The average molecular weight is 304 g/mol. The van der Waals surface area contributed by atoms with Gasteiger partial charge in [0, 0.05) is 30.5 Å². The summed E-state index contributed by atoms with van der Waals surface area (Å²) in [6.45, 7) is 2.58. The number of alkyl halides is 1. The van der Waals surface area contributed by atoms with Crippen LogP contribution in [0.5, 0.6) is 5.75 Å². The standard InChI is InChI=1S/C14H18ClNO2.ClH/c1-10-13-12(11(7-15)8-16-10)9-17-14(18-13)5-3-2-4-6-14;/h8H,2-7,9H2,1H3;1H. The first-order valence-corrected chi connectivity index (χ1v) is 7.14. The summed E-state index contributed by atoms with van der Waals surface area (Å²) in [4.78, 5) is 4.38. The first-order valence-electron chi connectivity index (χ1n) is 6.60. The lowest BCUT2D eigenvalue weighted by Gasteiger charge is -2.41. The van der Waals surface area contributed by atoms with E-state index in [0.717, 1.165) is 35.4 Å². The molecular formula is C14H19Cl2NO2. The van der Waals surface area contributed by atoms with Gasteiger partial charge in [0.25, 0.3) is 0 Å². The van der Waals surface area contributed by atoms with Gasteiger partial charge in [-0.15, -0.1) is 24.0 Å². The third kappa shape index (κ3) is 2.69. The minimum Gasteiger partial charge on any atom is -0.460 e. The molecule has 0 bridgehead atoms. The van der Waals surface area contributed by atoms with Crippen LogP contribution in [0.1, 0.15) is 48.9 Å². The zero-order valence-electron chi connectivity index (χ0n) is 11.1. The van der Waals surface area contributed by atoms with Crippen LogP contribution in [0.25, 0.3) is 0 Å². The maximum absolute atomic E-state index is 6.19. The first kappa shape index (κ1) is 14.9. The lowest BCUT2D eigenvalue weighted by atomic mass is 9.93. The highest BCUT2D eigenvalue weighted by molar-refractivity contribution is 6.17. The topological polar surface area (TPSA) is 31.4 Å². The summed E-state index contributed by atoms with van der Waals surface area (Å²) < 4.78 is 12.2. The molecule has 5 heteroatoms. The zero-order chi connectivity index (χ0) is 12.6. The number of ether oxygens (including phenoxy) is 2. The van der Waals surface area contributed by atoms with Crippen LogP contribution in [0.4, 0.5) is 0 Å². The van der Waals surface area contributed by atoms with Crippen LogP contribution in [-0.2, 0) is 17.2 Å². The molecule has 1 aliphatic carbocycles. The molecular weight excluding hydrogens is 285 g/mol. The van der Waals surface area contributed by atoms with Gasteiger partial charge in [0.2, 0.25) is 5.79 Å². The fraction of sp³-hybridized carbons (Fsp3) is 0.643. The van der Waals surface area contributed by atoms with Gasteiger partial charge in [0.1, 0.15) is 5.75 Å². The molecule has 3 rings (SSSR count). The number of fused-ring (bicyclic) bond motifs is 1. The molecule has 0 aromatic carbocycles. The van der Waals surface area contributed by atoms with Gasteiger partial charge in [-0.25, -0.2) is 0 Å². The predicted molar refractivity (Wildman–Crippen MR) is 77.0 cm³/mol. The molecule has 3 nitrogen and oxygen atoms in total. The molecule has 1 aliphatic heterocycles. The summed E-state index contributed by atoms with van der Waals surface area (Å²) in [6.07, 6.45) is 7.43. The molecule has 2 aliphatic rings. The lowest BCUT2D eigenvalue weighted by molar-refractivity contribution is -0.222. The van der Waals surface area contributed by atoms with E-state index in [1.165, 1.54) is 19.3 Å². The second-order valence-electron chi connectivity index (χ2n) is 5.17. The van der Waals surface area contributed by atoms with Crippen LogP contribution in [0.2, 0.25) is 0 Å². The normalized spacial score (nSPS) is 20.3. The van der Waals surface area contributed by atoms with E-state index < -0.39 is 5.79 Å². The number of nitrogens with zero attached hydrogens (tertiary/aromatic N) is 1. The van der Waals surface area contributed by atoms with Gasteiger partial charge in [-0.2, -0.15) is 0 Å². The molecule has 0 N–H and O–H groups in total. The van der Waals surface area contributed by atoms with Crippen molar-refractivity contribution >= 4 is 24.0 Å². The second-order valence-corrected chi connectivity index (χ2v) is 5.44. The minimum atomic E-state index is -0.400. The van der Waals surface area contributed by atoms with Gasteiger partial charge < -0.3 is 9.47 Å². The Balaban J connectivity index is 0.00000133. The van der Waals surface area contributed by atoms with Crippen LogP contribution >= 0.6 is 24.0 Å². The van der Waals surface area contributed by atoms with E-state index in [2.05, 4.69) is 4.98 Å². The predicted octanol–water partition coefficient (Wildman–Crippen LogP) is 4.12. The van der Waals surface area contributed by atoms with Crippen LogP contribution in [-0.4, -0.2) is 10.8 Å². The molecule has 106 valence electrons. The summed E-state index contributed by atoms with van der Waals surface area (Å²) in [7, 11) is 0. The summed E-state index contributed by atoms with van der Waals surface area (Å²) >= 11 is 5.94.